The summed E-state index contributed by atoms with van der Waals surface area (Å²) in [5.74, 6) is -1.96. The van der Waals surface area contributed by atoms with Crippen molar-refractivity contribution in [3.8, 4) is 11.4 Å². The van der Waals surface area contributed by atoms with Gasteiger partial charge < -0.3 is 4.90 Å². The molecule has 0 aliphatic carbocycles. The summed E-state index contributed by atoms with van der Waals surface area (Å²) in [7, 11) is 0. The monoisotopic (exact) mass is 756 g/mol. The van der Waals surface area contributed by atoms with Crippen LogP contribution in [0.3, 0.4) is 0 Å². The van der Waals surface area contributed by atoms with E-state index in [9.17, 15) is 35.9 Å². The summed E-state index contributed by atoms with van der Waals surface area (Å²) >= 11 is 2.91. The van der Waals surface area contributed by atoms with Gasteiger partial charge in [0.25, 0.3) is 17.3 Å². The first-order valence-electron chi connectivity index (χ1n) is 15.0. The van der Waals surface area contributed by atoms with Crippen LogP contribution >= 0.6 is 15.9 Å². The van der Waals surface area contributed by atoms with Crippen LogP contribution in [0.5, 0.6) is 0 Å². The number of benzene rings is 3. The zero-order valence-corrected chi connectivity index (χ0v) is 27.3. The van der Waals surface area contributed by atoms with Crippen molar-refractivity contribution in [3.05, 3.63) is 133 Å². The molecule has 0 saturated carbocycles. The Morgan fingerprint density at radius 3 is 2.32 bits per heavy atom. The summed E-state index contributed by atoms with van der Waals surface area (Å²) in [5.41, 5.74) is 1.37. The maximum absolute atomic E-state index is 14.4. The van der Waals surface area contributed by atoms with Crippen molar-refractivity contribution >= 4 is 27.5 Å². The third kappa shape index (κ3) is 5.84. The number of rotatable bonds is 5. The van der Waals surface area contributed by atoms with Gasteiger partial charge in [-0.05, 0) is 71.8 Å². The highest BCUT2D eigenvalue weighted by atomic mass is 79.9. The number of tetrazole rings is 1. The number of carbonyl (C=O) groups excluding carboxylic acids is 1. The first-order valence-corrected chi connectivity index (χ1v) is 15.8. The molecular weight excluding hydrogens is 734 g/mol. The Hall–Kier alpha value is -5.32. The van der Waals surface area contributed by atoms with E-state index < -0.39 is 41.2 Å². The molecule has 0 N–H and O–H groups in total. The van der Waals surface area contributed by atoms with Crippen LogP contribution in [0.1, 0.15) is 51.1 Å². The van der Waals surface area contributed by atoms with Crippen LogP contribution in [-0.4, -0.2) is 51.2 Å². The Morgan fingerprint density at radius 2 is 1.64 bits per heavy atom. The van der Waals surface area contributed by atoms with E-state index in [4.69, 9.17) is 0 Å². The van der Waals surface area contributed by atoms with Crippen molar-refractivity contribution in [2.24, 2.45) is 0 Å². The van der Waals surface area contributed by atoms with Crippen LogP contribution in [0.15, 0.2) is 88.3 Å². The molecule has 0 bridgehead atoms. The second kappa shape index (κ2) is 12.2. The molecule has 0 saturated heterocycles. The summed E-state index contributed by atoms with van der Waals surface area (Å²) < 4.78 is 84.8. The number of amides is 1. The minimum absolute atomic E-state index is 0.00974. The van der Waals surface area contributed by atoms with Gasteiger partial charge in [-0.1, -0.05) is 46.3 Å². The molecule has 17 heteroatoms. The van der Waals surface area contributed by atoms with Gasteiger partial charge in [-0.2, -0.15) is 36.1 Å². The molecule has 0 radical (unpaired) electrons. The van der Waals surface area contributed by atoms with Crippen LogP contribution < -0.4 is 5.56 Å². The summed E-state index contributed by atoms with van der Waals surface area (Å²) in [4.78, 5) is 29.6. The van der Waals surface area contributed by atoms with Crippen molar-refractivity contribution in [1.82, 2.24) is 39.3 Å². The molecule has 4 heterocycles. The highest BCUT2D eigenvalue weighted by molar-refractivity contribution is 9.10. The molecule has 1 atom stereocenters. The maximum atomic E-state index is 14.4. The lowest BCUT2D eigenvalue weighted by atomic mass is 9.97. The summed E-state index contributed by atoms with van der Waals surface area (Å²) in [5, 5.41) is 14.3. The Labute approximate surface area is 286 Å². The van der Waals surface area contributed by atoms with E-state index in [0.717, 1.165) is 11.6 Å². The van der Waals surface area contributed by atoms with E-state index in [2.05, 4.69) is 36.6 Å². The van der Waals surface area contributed by atoms with Gasteiger partial charge in [0, 0.05) is 33.6 Å². The van der Waals surface area contributed by atoms with Crippen molar-refractivity contribution in [1.29, 1.82) is 0 Å². The molecule has 0 spiro atoms. The minimum atomic E-state index is -4.81. The lowest BCUT2D eigenvalue weighted by Gasteiger charge is -2.35. The fourth-order valence-corrected chi connectivity index (χ4v) is 6.63. The van der Waals surface area contributed by atoms with Crippen molar-refractivity contribution < 1.29 is 31.1 Å². The SMILES string of the molecule is C[C@H]1Cc2c(n3ncc(Cc4ccccc4)c3n(-c3ccc(-n4nnnc4C(F)(F)F)cc3)c2=O)CN1C(=O)c1ccc(Br)c(C(F)(F)F)c1. The number of halogens is 7. The molecule has 6 aromatic rings. The summed E-state index contributed by atoms with van der Waals surface area (Å²) in [6, 6.07) is 17.7. The van der Waals surface area contributed by atoms with Crippen molar-refractivity contribution in [3.63, 3.8) is 0 Å². The number of alkyl halides is 6. The second-order valence-electron chi connectivity index (χ2n) is 11.7. The minimum Gasteiger partial charge on any atom is -0.330 e. The smallest absolute Gasteiger partial charge is 0.330 e. The number of carbonyl (C=O) groups is 1. The number of fused-ring (bicyclic) bond motifs is 3. The highest BCUT2D eigenvalue weighted by Gasteiger charge is 2.39. The second-order valence-corrected chi connectivity index (χ2v) is 12.6. The fraction of sp³-hybridized carbons (Fsp3) is 0.212. The van der Waals surface area contributed by atoms with Gasteiger partial charge in [0.2, 0.25) is 0 Å². The molecule has 256 valence electrons. The van der Waals surface area contributed by atoms with Crippen LogP contribution in [0.2, 0.25) is 0 Å². The van der Waals surface area contributed by atoms with E-state index in [-0.39, 0.29) is 28.7 Å². The van der Waals surface area contributed by atoms with Gasteiger partial charge in [0.1, 0.15) is 5.65 Å². The molecule has 0 fully saturated rings. The lowest BCUT2D eigenvalue weighted by Crippen LogP contribution is -2.46. The number of nitrogens with zero attached hydrogens (tertiary/aromatic N) is 8. The molecule has 1 amide bonds. The highest BCUT2D eigenvalue weighted by Crippen LogP contribution is 2.36. The fourth-order valence-electron chi connectivity index (χ4n) is 6.16. The molecule has 3 aromatic heterocycles. The van der Waals surface area contributed by atoms with E-state index >= 15 is 0 Å². The van der Waals surface area contributed by atoms with E-state index in [0.29, 0.717) is 39.3 Å². The predicted molar refractivity (Wildman–Crippen MR) is 170 cm³/mol. The summed E-state index contributed by atoms with van der Waals surface area (Å²) in [6.07, 6.45) is -7.49. The number of hydrogen-bond donors (Lipinski definition) is 0. The Kier molecular flexibility index (Phi) is 8.11. The van der Waals surface area contributed by atoms with Crippen LogP contribution in [0.25, 0.3) is 17.0 Å². The van der Waals surface area contributed by atoms with Gasteiger partial charge >= 0.3 is 12.4 Å². The molecule has 10 nitrogen and oxygen atoms in total. The zero-order chi connectivity index (χ0) is 35.5. The van der Waals surface area contributed by atoms with Gasteiger partial charge in [-0.15, -0.1) is 5.10 Å². The Balaban J connectivity index is 1.35. The van der Waals surface area contributed by atoms with E-state index in [1.807, 2.05) is 30.3 Å². The standard InChI is InChI=1S/C33H23BrF6N8O2/c1-18-13-24-27(17-45(18)29(49)20-7-12-26(34)25(15-20)32(35,36)37)48-28(21(16-41-48)14-19-5-3-2-4-6-19)46(30(24)50)22-8-10-23(11-9-22)47-31(33(38,39)40)42-43-44-47/h2-12,15-16,18H,13-14,17H2,1H3/t18-/m0/s1. The molecule has 0 unspecified atom stereocenters. The maximum Gasteiger partial charge on any atom is 0.453 e. The van der Waals surface area contributed by atoms with Gasteiger partial charge in [0.05, 0.1) is 35.4 Å². The number of hydrogen-bond acceptors (Lipinski definition) is 6. The third-order valence-corrected chi connectivity index (χ3v) is 9.23. The van der Waals surface area contributed by atoms with Gasteiger partial charge in [-0.25, -0.2) is 4.52 Å². The van der Waals surface area contributed by atoms with Gasteiger partial charge in [0.15, 0.2) is 0 Å². The topological polar surface area (TPSA) is 103 Å². The largest absolute Gasteiger partial charge is 0.453 e. The third-order valence-electron chi connectivity index (χ3n) is 8.54. The van der Waals surface area contributed by atoms with E-state index in [1.165, 1.54) is 45.9 Å². The van der Waals surface area contributed by atoms with Gasteiger partial charge in [-0.3, -0.25) is 14.2 Å². The average Bonchev–Trinajstić information content (AvgIpc) is 3.74. The first kappa shape index (κ1) is 33.2. The average molecular weight is 757 g/mol. The van der Waals surface area contributed by atoms with Crippen LogP contribution in [0, 0.1) is 0 Å². The molecule has 1 aliphatic heterocycles. The van der Waals surface area contributed by atoms with Crippen LogP contribution in [0.4, 0.5) is 26.3 Å². The van der Waals surface area contributed by atoms with Crippen molar-refractivity contribution in [2.75, 3.05) is 0 Å². The quantitative estimate of drug-likeness (QED) is 0.188. The normalized spacial score (nSPS) is 15.0. The Morgan fingerprint density at radius 1 is 0.940 bits per heavy atom. The predicted octanol–water partition coefficient (Wildman–Crippen LogP) is 6.44. The van der Waals surface area contributed by atoms with E-state index in [1.54, 1.807) is 17.6 Å². The Bertz CT molecular complexity index is 2310. The first-order chi connectivity index (χ1) is 23.7. The lowest BCUT2D eigenvalue weighted by molar-refractivity contribution is -0.146. The molecular formula is C33H23BrF6N8O2. The number of aromatic nitrogens is 7. The zero-order valence-electron chi connectivity index (χ0n) is 25.7. The molecule has 3 aromatic carbocycles. The molecule has 50 heavy (non-hydrogen) atoms. The molecule has 1 aliphatic rings. The van der Waals surface area contributed by atoms with Crippen molar-refractivity contribution in [2.45, 2.75) is 44.7 Å². The summed E-state index contributed by atoms with van der Waals surface area (Å²) in [6.45, 7) is 1.58. The molecule has 7 rings (SSSR count). The van der Waals surface area contributed by atoms with Crippen LogP contribution in [-0.2, 0) is 31.7 Å².